The number of thiophene rings is 1. The Labute approximate surface area is 83.6 Å². The maximum absolute atomic E-state index is 3.38. The average Bonchev–Trinajstić information content (AvgIpc) is 2.71. The number of nitrogens with one attached hydrogen (secondary N) is 1. The van der Waals surface area contributed by atoms with Gasteiger partial charge < -0.3 is 5.32 Å². The first kappa shape index (κ1) is 9.19. The summed E-state index contributed by atoms with van der Waals surface area (Å²) in [5.41, 5.74) is 1.46. The summed E-state index contributed by atoms with van der Waals surface area (Å²) < 4.78 is 0. The molecule has 0 aromatic carbocycles. The maximum Gasteiger partial charge on any atom is 0.0329 e. The van der Waals surface area contributed by atoms with Crippen LogP contribution in [0.4, 0.5) is 0 Å². The van der Waals surface area contributed by atoms with Gasteiger partial charge in [0.05, 0.1) is 0 Å². The van der Waals surface area contributed by atoms with Gasteiger partial charge in [0.1, 0.15) is 0 Å². The van der Waals surface area contributed by atoms with Gasteiger partial charge in [-0.3, -0.25) is 4.90 Å². The summed E-state index contributed by atoms with van der Waals surface area (Å²) in [6.07, 6.45) is 0. The summed E-state index contributed by atoms with van der Waals surface area (Å²) >= 11 is 1.79. The van der Waals surface area contributed by atoms with E-state index in [1.807, 2.05) is 0 Å². The zero-order valence-corrected chi connectivity index (χ0v) is 8.81. The molecule has 0 bridgehead atoms. The first-order valence-corrected chi connectivity index (χ1v) is 5.79. The molecule has 1 aliphatic heterocycles. The highest BCUT2D eigenvalue weighted by Crippen LogP contribution is 2.22. The van der Waals surface area contributed by atoms with E-state index in [0.29, 0.717) is 6.04 Å². The minimum absolute atomic E-state index is 0.591. The lowest BCUT2D eigenvalue weighted by Gasteiger charge is -2.32. The van der Waals surface area contributed by atoms with Crippen molar-refractivity contribution in [3.8, 4) is 0 Å². The lowest BCUT2D eigenvalue weighted by atomic mass is 10.1. The van der Waals surface area contributed by atoms with Crippen molar-refractivity contribution in [2.45, 2.75) is 13.0 Å². The van der Waals surface area contributed by atoms with Crippen molar-refractivity contribution in [3.63, 3.8) is 0 Å². The van der Waals surface area contributed by atoms with Crippen molar-refractivity contribution in [1.29, 1.82) is 0 Å². The summed E-state index contributed by atoms with van der Waals surface area (Å²) in [4.78, 5) is 2.54. The van der Waals surface area contributed by atoms with Crippen LogP contribution in [0.15, 0.2) is 16.8 Å². The van der Waals surface area contributed by atoms with Crippen molar-refractivity contribution < 1.29 is 0 Å². The maximum atomic E-state index is 3.38. The van der Waals surface area contributed by atoms with Crippen LogP contribution in [0.1, 0.15) is 18.5 Å². The van der Waals surface area contributed by atoms with Gasteiger partial charge in [-0.25, -0.2) is 0 Å². The first-order chi connectivity index (χ1) is 6.38. The van der Waals surface area contributed by atoms with Crippen LogP contribution in [0.2, 0.25) is 0 Å². The number of hydrogen-bond donors (Lipinski definition) is 1. The molecule has 2 rings (SSSR count). The molecule has 0 unspecified atom stereocenters. The molecule has 0 radical (unpaired) electrons. The summed E-state index contributed by atoms with van der Waals surface area (Å²) in [6.45, 7) is 6.92. The van der Waals surface area contributed by atoms with E-state index in [1.165, 1.54) is 18.7 Å². The SMILES string of the molecule is C[C@H](c1ccsc1)N1CCNCC1. The number of rotatable bonds is 2. The molecule has 2 nitrogen and oxygen atoms in total. The Morgan fingerprint density at radius 1 is 1.46 bits per heavy atom. The Hall–Kier alpha value is -0.380. The van der Waals surface area contributed by atoms with E-state index < -0.39 is 0 Å². The molecular formula is C10H16N2S. The van der Waals surface area contributed by atoms with Crippen molar-refractivity contribution in [3.05, 3.63) is 22.4 Å². The van der Waals surface area contributed by atoms with E-state index in [1.54, 1.807) is 11.3 Å². The highest BCUT2D eigenvalue weighted by Gasteiger charge is 2.17. The van der Waals surface area contributed by atoms with Crippen molar-refractivity contribution >= 4 is 11.3 Å². The van der Waals surface area contributed by atoms with Gasteiger partial charge in [-0.05, 0) is 29.3 Å². The van der Waals surface area contributed by atoms with Gasteiger partial charge in [-0.2, -0.15) is 11.3 Å². The lowest BCUT2D eigenvalue weighted by molar-refractivity contribution is 0.186. The van der Waals surface area contributed by atoms with Gasteiger partial charge in [-0.15, -0.1) is 0 Å². The minimum atomic E-state index is 0.591. The first-order valence-electron chi connectivity index (χ1n) is 4.85. The molecule has 1 aromatic heterocycles. The summed E-state index contributed by atoms with van der Waals surface area (Å²) in [5.74, 6) is 0. The van der Waals surface area contributed by atoms with Gasteiger partial charge in [0.25, 0.3) is 0 Å². The van der Waals surface area contributed by atoms with E-state index in [0.717, 1.165) is 13.1 Å². The third kappa shape index (κ3) is 2.10. The van der Waals surface area contributed by atoms with Crippen LogP contribution in [-0.2, 0) is 0 Å². The molecule has 0 saturated carbocycles. The number of hydrogen-bond acceptors (Lipinski definition) is 3. The van der Waals surface area contributed by atoms with Gasteiger partial charge in [0.15, 0.2) is 0 Å². The Morgan fingerprint density at radius 3 is 2.85 bits per heavy atom. The largest absolute Gasteiger partial charge is 0.314 e. The second-order valence-electron chi connectivity index (χ2n) is 3.52. The van der Waals surface area contributed by atoms with Gasteiger partial charge >= 0.3 is 0 Å². The Bertz CT molecular complexity index is 239. The molecule has 0 amide bonds. The standard InChI is InChI=1S/C10H16N2S/c1-9(10-2-7-13-8-10)12-5-3-11-4-6-12/h2,7-9,11H,3-6H2,1H3/t9-/m1/s1. The van der Waals surface area contributed by atoms with Gasteiger partial charge in [0.2, 0.25) is 0 Å². The molecule has 1 saturated heterocycles. The molecule has 72 valence electrons. The molecular weight excluding hydrogens is 180 g/mol. The van der Waals surface area contributed by atoms with Crippen LogP contribution in [-0.4, -0.2) is 31.1 Å². The molecule has 0 spiro atoms. The predicted molar refractivity (Wildman–Crippen MR) is 57.2 cm³/mol. The van der Waals surface area contributed by atoms with Crippen LogP contribution in [0, 0.1) is 0 Å². The Morgan fingerprint density at radius 2 is 2.23 bits per heavy atom. The van der Waals surface area contributed by atoms with E-state index in [-0.39, 0.29) is 0 Å². The molecule has 0 aliphatic carbocycles. The summed E-state index contributed by atoms with van der Waals surface area (Å²) in [6, 6.07) is 2.82. The van der Waals surface area contributed by atoms with E-state index in [9.17, 15) is 0 Å². The highest BCUT2D eigenvalue weighted by molar-refractivity contribution is 7.07. The molecule has 3 heteroatoms. The van der Waals surface area contributed by atoms with Crippen LogP contribution < -0.4 is 5.32 Å². The third-order valence-corrected chi connectivity index (χ3v) is 3.43. The monoisotopic (exact) mass is 196 g/mol. The van der Waals surface area contributed by atoms with Crippen molar-refractivity contribution in [2.24, 2.45) is 0 Å². The fraction of sp³-hybridized carbons (Fsp3) is 0.600. The zero-order valence-electron chi connectivity index (χ0n) is 7.99. The molecule has 1 atom stereocenters. The number of nitrogens with zero attached hydrogens (tertiary/aromatic N) is 1. The topological polar surface area (TPSA) is 15.3 Å². The fourth-order valence-corrected chi connectivity index (χ4v) is 2.54. The Balaban J connectivity index is 1.99. The van der Waals surface area contributed by atoms with E-state index >= 15 is 0 Å². The smallest absolute Gasteiger partial charge is 0.0329 e. The third-order valence-electron chi connectivity index (χ3n) is 2.72. The molecule has 13 heavy (non-hydrogen) atoms. The quantitative estimate of drug-likeness (QED) is 0.774. The molecule has 1 N–H and O–H groups in total. The minimum Gasteiger partial charge on any atom is -0.314 e. The normalized spacial score (nSPS) is 21.6. The molecule has 2 heterocycles. The van der Waals surface area contributed by atoms with Crippen molar-refractivity contribution in [2.75, 3.05) is 26.2 Å². The second kappa shape index (κ2) is 4.22. The predicted octanol–water partition coefficient (Wildman–Crippen LogP) is 1.71. The molecule has 1 fully saturated rings. The summed E-state index contributed by atoms with van der Waals surface area (Å²) in [7, 11) is 0. The Kier molecular flexibility index (Phi) is 2.98. The van der Waals surface area contributed by atoms with Crippen molar-refractivity contribution in [1.82, 2.24) is 10.2 Å². The lowest BCUT2D eigenvalue weighted by Crippen LogP contribution is -2.44. The average molecular weight is 196 g/mol. The van der Waals surface area contributed by atoms with Gasteiger partial charge in [-0.1, -0.05) is 0 Å². The molecule has 1 aliphatic rings. The van der Waals surface area contributed by atoms with Crippen LogP contribution in [0.3, 0.4) is 0 Å². The fourth-order valence-electron chi connectivity index (χ4n) is 1.79. The zero-order chi connectivity index (χ0) is 9.10. The number of piperazine rings is 1. The van der Waals surface area contributed by atoms with Crippen LogP contribution in [0.25, 0.3) is 0 Å². The van der Waals surface area contributed by atoms with E-state index in [4.69, 9.17) is 0 Å². The highest BCUT2D eigenvalue weighted by atomic mass is 32.1. The van der Waals surface area contributed by atoms with Gasteiger partial charge in [0, 0.05) is 32.2 Å². The van der Waals surface area contributed by atoms with E-state index in [2.05, 4.69) is 34.0 Å². The second-order valence-corrected chi connectivity index (χ2v) is 4.30. The molecule has 1 aromatic rings. The van der Waals surface area contributed by atoms with Crippen LogP contribution >= 0.6 is 11.3 Å². The van der Waals surface area contributed by atoms with Crippen LogP contribution in [0.5, 0.6) is 0 Å². The summed E-state index contributed by atoms with van der Waals surface area (Å²) in [5, 5.41) is 7.79.